The van der Waals surface area contributed by atoms with Crippen LogP contribution >= 0.6 is 24.0 Å². The minimum Gasteiger partial charge on any atom is -0.359 e. The average molecular weight is 517 g/mol. The smallest absolute Gasteiger partial charge is 0.359 e. The van der Waals surface area contributed by atoms with Crippen LogP contribution in [0.15, 0.2) is 15.6 Å². The Balaban J connectivity index is 0.00000392. The van der Waals surface area contributed by atoms with Gasteiger partial charge in [0.1, 0.15) is 6.54 Å². The van der Waals surface area contributed by atoms with Gasteiger partial charge in [-0.25, -0.2) is 4.99 Å². The third-order valence-electron chi connectivity index (χ3n) is 4.73. The first kappa shape index (κ1) is 25.0. The van der Waals surface area contributed by atoms with E-state index in [9.17, 15) is 13.2 Å². The van der Waals surface area contributed by atoms with Gasteiger partial charge in [0.15, 0.2) is 11.7 Å². The van der Waals surface area contributed by atoms with Gasteiger partial charge in [0.2, 0.25) is 0 Å². The van der Waals surface area contributed by atoms with Gasteiger partial charge in [0.05, 0.1) is 12.2 Å². The molecule has 0 aromatic carbocycles. The first-order valence-corrected chi connectivity index (χ1v) is 9.64. The summed E-state index contributed by atoms with van der Waals surface area (Å²) in [7, 11) is 0. The molecule has 1 unspecified atom stereocenters. The molecule has 2 heterocycles. The van der Waals surface area contributed by atoms with E-state index >= 15 is 0 Å². The lowest BCUT2D eigenvalue weighted by atomic mass is 9.99. The highest BCUT2D eigenvalue weighted by molar-refractivity contribution is 14.0. The number of nitrogens with zero attached hydrogens (tertiary/aromatic N) is 3. The fourth-order valence-electron chi connectivity index (χ4n) is 3.32. The van der Waals surface area contributed by atoms with E-state index in [1.807, 2.05) is 13.0 Å². The molecular weight excluding hydrogens is 486 g/mol. The first-order chi connectivity index (χ1) is 12.8. The van der Waals surface area contributed by atoms with E-state index < -0.39 is 12.7 Å². The molecule has 1 atom stereocenters. The van der Waals surface area contributed by atoms with Crippen LogP contribution in [-0.2, 0) is 6.54 Å². The summed E-state index contributed by atoms with van der Waals surface area (Å²) in [5, 5.41) is 10.5. The Morgan fingerprint density at radius 1 is 1.36 bits per heavy atom. The van der Waals surface area contributed by atoms with E-state index in [0.717, 1.165) is 18.5 Å². The summed E-state index contributed by atoms with van der Waals surface area (Å²) in [5.74, 6) is 1.65. The van der Waals surface area contributed by atoms with Gasteiger partial charge in [-0.15, -0.1) is 24.0 Å². The lowest BCUT2D eigenvalue weighted by Crippen LogP contribution is -2.45. The van der Waals surface area contributed by atoms with Crippen LogP contribution in [0.4, 0.5) is 13.2 Å². The molecule has 1 fully saturated rings. The van der Waals surface area contributed by atoms with Crippen molar-refractivity contribution >= 4 is 29.9 Å². The van der Waals surface area contributed by atoms with Gasteiger partial charge in [0.25, 0.3) is 0 Å². The van der Waals surface area contributed by atoms with Gasteiger partial charge in [-0.1, -0.05) is 19.0 Å². The fraction of sp³-hybridized carbons (Fsp3) is 0.778. The predicted octanol–water partition coefficient (Wildman–Crippen LogP) is 3.89. The Hall–Kier alpha value is -1.04. The monoisotopic (exact) mass is 517 g/mol. The van der Waals surface area contributed by atoms with Crippen molar-refractivity contribution in [3.8, 4) is 0 Å². The average Bonchev–Trinajstić information content (AvgIpc) is 3.22. The van der Waals surface area contributed by atoms with Crippen LogP contribution < -0.4 is 10.6 Å². The lowest BCUT2D eigenvalue weighted by Gasteiger charge is -2.19. The zero-order chi connectivity index (χ0) is 19.9. The minimum atomic E-state index is -4.16. The zero-order valence-electron chi connectivity index (χ0n) is 16.7. The maximum atomic E-state index is 12.5. The number of hydrogen-bond donors (Lipinski definition) is 2. The molecule has 0 spiro atoms. The molecule has 1 aliphatic rings. The standard InChI is InChI=1S/C18H30F3N5O.HI/c1-4-13(5-2)16-9-15(27-25-16)10-23-17(22-6-3)24-14-7-8-26(11-14)12-18(19,20)21;/h9,13-14H,4-8,10-12H2,1-3H3,(H2,22,23,24);1H. The van der Waals surface area contributed by atoms with Crippen LogP contribution in [-0.4, -0.2) is 54.4 Å². The van der Waals surface area contributed by atoms with Gasteiger partial charge in [0, 0.05) is 37.7 Å². The maximum Gasteiger partial charge on any atom is 0.401 e. The maximum absolute atomic E-state index is 12.5. The second-order valence-electron chi connectivity index (χ2n) is 6.91. The van der Waals surface area contributed by atoms with Gasteiger partial charge in [-0.05, 0) is 26.2 Å². The molecule has 1 aliphatic heterocycles. The van der Waals surface area contributed by atoms with E-state index in [1.165, 1.54) is 4.90 Å². The van der Waals surface area contributed by atoms with Gasteiger partial charge < -0.3 is 15.2 Å². The topological polar surface area (TPSA) is 65.7 Å². The van der Waals surface area contributed by atoms with Gasteiger partial charge in [-0.3, -0.25) is 4.90 Å². The molecule has 1 saturated heterocycles. The Morgan fingerprint density at radius 3 is 2.68 bits per heavy atom. The molecule has 2 rings (SSSR count). The molecule has 0 radical (unpaired) electrons. The summed E-state index contributed by atoms with van der Waals surface area (Å²) < 4.78 is 42.9. The number of guanidine groups is 1. The molecule has 0 aliphatic carbocycles. The number of aromatic nitrogens is 1. The summed E-state index contributed by atoms with van der Waals surface area (Å²) in [6, 6.07) is 1.88. The number of likely N-dealkylation sites (tertiary alicyclic amines) is 1. The molecule has 10 heteroatoms. The molecule has 1 aromatic heterocycles. The second-order valence-corrected chi connectivity index (χ2v) is 6.91. The van der Waals surface area contributed by atoms with Crippen LogP contribution in [0.5, 0.6) is 0 Å². The summed E-state index contributed by atoms with van der Waals surface area (Å²) >= 11 is 0. The Morgan fingerprint density at radius 2 is 2.07 bits per heavy atom. The highest BCUT2D eigenvalue weighted by Crippen LogP contribution is 2.23. The number of rotatable bonds is 8. The molecule has 6 nitrogen and oxygen atoms in total. The SMILES string of the molecule is CCNC(=NCc1cc(C(CC)CC)no1)NC1CCN(CC(F)(F)F)C1.I. The number of hydrogen-bond acceptors (Lipinski definition) is 4. The van der Waals surface area contributed by atoms with Gasteiger partial charge >= 0.3 is 6.18 Å². The predicted molar refractivity (Wildman–Crippen MR) is 114 cm³/mol. The van der Waals surface area contributed by atoms with E-state index in [4.69, 9.17) is 4.52 Å². The summed E-state index contributed by atoms with van der Waals surface area (Å²) in [4.78, 5) is 5.91. The van der Waals surface area contributed by atoms with Crippen molar-refractivity contribution in [1.82, 2.24) is 20.7 Å². The Labute approximate surface area is 181 Å². The van der Waals surface area contributed by atoms with Crippen molar-refractivity contribution in [3.63, 3.8) is 0 Å². The molecule has 28 heavy (non-hydrogen) atoms. The zero-order valence-corrected chi connectivity index (χ0v) is 19.0. The first-order valence-electron chi connectivity index (χ1n) is 9.64. The van der Waals surface area contributed by atoms with Crippen LogP contribution in [0.2, 0.25) is 0 Å². The molecule has 2 N–H and O–H groups in total. The molecule has 0 bridgehead atoms. The normalized spacial score (nSPS) is 18.4. The van der Waals surface area contributed by atoms with Crippen LogP contribution in [0.1, 0.15) is 57.4 Å². The van der Waals surface area contributed by atoms with E-state index in [-0.39, 0.29) is 30.0 Å². The van der Waals surface area contributed by atoms with Crippen LogP contribution in [0.3, 0.4) is 0 Å². The quantitative estimate of drug-likeness (QED) is 0.311. The number of alkyl halides is 3. The fourth-order valence-corrected chi connectivity index (χ4v) is 3.32. The van der Waals surface area contributed by atoms with Crippen LogP contribution in [0, 0.1) is 0 Å². The number of halogens is 4. The van der Waals surface area contributed by atoms with Crippen molar-refractivity contribution in [3.05, 3.63) is 17.5 Å². The summed E-state index contributed by atoms with van der Waals surface area (Å²) in [6.45, 7) is 7.11. The largest absolute Gasteiger partial charge is 0.401 e. The Bertz CT molecular complexity index is 604. The highest BCUT2D eigenvalue weighted by atomic mass is 127. The molecule has 0 saturated carbocycles. The van der Waals surface area contributed by atoms with Crippen molar-refractivity contribution in [1.29, 1.82) is 0 Å². The Kier molecular flexibility index (Phi) is 10.6. The number of nitrogens with one attached hydrogen (secondary N) is 2. The molecule has 0 amide bonds. The highest BCUT2D eigenvalue weighted by Gasteiger charge is 2.34. The molecular formula is C18H31F3IN5O. The summed E-state index contributed by atoms with van der Waals surface area (Å²) in [6.07, 6.45) is -1.49. The van der Waals surface area contributed by atoms with Crippen LogP contribution in [0.25, 0.3) is 0 Å². The van der Waals surface area contributed by atoms with Crippen molar-refractivity contribution in [2.24, 2.45) is 4.99 Å². The minimum absolute atomic E-state index is 0. The number of aliphatic imine (C=N–C) groups is 1. The molecule has 162 valence electrons. The second kappa shape index (κ2) is 11.8. The van der Waals surface area contributed by atoms with E-state index in [0.29, 0.717) is 50.2 Å². The molecule has 1 aromatic rings. The van der Waals surface area contributed by atoms with Gasteiger partial charge in [-0.2, -0.15) is 13.2 Å². The third kappa shape index (κ3) is 8.14. The van der Waals surface area contributed by atoms with Crippen molar-refractivity contribution in [2.45, 2.75) is 64.7 Å². The van der Waals surface area contributed by atoms with E-state index in [1.54, 1.807) is 0 Å². The third-order valence-corrected chi connectivity index (χ3v) is 4.73. The van der Waals surface area contributed by atoms with Crippen molar-refractivity contribution in [2.75, 3.05) is 26.2 Å². The lowest BCUT2D eigenvalue weighted by molar-refractivity contribution is -0.143. The van der Waals surface area contributed by atoms with E-state index in [2.05, 4.69) is 34.6 Å². The van der Waals surface area contributed by atoms with Crippen molar-refractivity contribution < 1.29 is 17.7 Å². The summed E-state index contributed by atoms with van der Waals surface area (Å²) in [5.41, 5.74) is 0.946.